The molecule has 0 N–H and O–H groups in total. The summed E-state index contributed by atoms with van der Waals surface area (Å²) in [5.41, 5.74) is 5.40. The van der Waals surface area contributed by atoms with Gasteiger partial charge in [-0.15, -0.1) is 0 Å². The van der Waals surface area contributed by atoms with Crippen molar-refractivity contribution < 1.29 is 0 Å². The van der Waals surface area contributed by atoms with Crippen LogP contribution in [0, 0.1) is 0 Å². The third-order valence-corrected chi connectivity index (χ3v) is 4.73. The first-order valence-corrected chi connectivity index (χ1v) is 9.18. The Balaban J connectivity index is 2.16. The van der Waals surface area contributed by atoms with Crippen LogP contribution in [0.15, 0.2) is 42.1 Å². The molecule has 0 aliphatic heterocycles. The minimum absolute atomic E-state index is 1.05. The van der Waals surface area contributed by atoms with E-state index in [1.54, 1.807) is 0 Å². The number of nitrogens with zero attached hydrogens (tertiary/aromatic N) is 3. The van der Waals surface area contributed by atoms with Crippen molar-refractivity contribution in [3.63, 3.8) is 0 Å². The zero-order valence-corrected chi connectivity index (χ0v) is 16.0. The first-order valence-electron chi connectivity index (χ1n) is 9.18. The monoisotopic (exact) mass is 327 g/mol. The van der Waals surface area contributed by atoms with Crippen LogP contribution in [0.5, 0.6) is 0 Å². The first-order chi connectivity index (χ1) is 11.6. The summed E-state index contributed by atoms with van der Waals surface area (Å²) in [6.07, 6.45) is 7.07. The van der Waals surface area contributed by atoms with Crippen molar-refractivity contribution in [2.75, 3.05) is 52.2 Å². The summed E-state index contributed by atoms with van der Waals surface area (Å²) in [5, 5.41) is 0. The molecule has 0 radical (unpaired) electrons. The number of likely N-dealkylation sites (N-methyl/N-ethyl adjacent to an activating group) is 2. The lowest BCUT2D eigenvalue weighted by molar-refractivity contribution is 0.331. The van der Waals surface area contributed by atoms with E-state index in [1.807, 2.05) is 0 Å². The Morgan fingerprint density at radius 3 is 2.04 bits per heavy atom. The van der Waals surface area contributed by atoms with E-state index in [-0.39, 0.29) is 0 Å². The highest BCUT2D eigenvalue weighted by atomic mass is 15.2. The molecule has 0 unspecified atom stereocenters. The highest BCUT2D eigenvalue weighted by molar-refractivity contribution is 5.80. The standard InChI is InChI=1S/C21H33N3/c1-6-24(7-2)19-14-12-18(13-15-19)20-10-8-9-11-21(20)23(5)17-16-22(3)4/h10-15H,6-9,16-17H2,1-5H3. The van der Waals surface area contributed by atoms with Crippen molar-refractivity contribution in [2.45, 2.75) is 26.7 Å². The smallest absolute Gasteiger partial charge is 0.0400 e. The Bertz CT molecular complexity index is 565. The summed E-state index contributed by atoms with van der Waals surface area (Å²) in [7, 11) is 6.47. The van der Waals surface area contributed by atoms with Crippen LogP contribution >= 0.6 is 0 Å². The van der Waals surface area contributed by atoms with Crippen molar-refractivity contribution in [1.82, 2.24) is 9.80 Å². The molecular weight excluding hydrogens is 294 g/mol. The van der Waals surface area contributed by atoms with Gasteiger partial charge in [0.2, 0.25) is 0 Å². The second-order valence-electron chi connectivity index (χ2n) is 6.73. The molecule has 0 bridgehead atoms. The molecule has 0 saturated heterocycles. The van der Waals surface area contributed by atoms with Crippen LogP contribution in [0.1, 0.15) is 32.3 Å². The molecule has 0 saturated carbocycles. The molecule has 1 aromatic rings. The van der Waals surface area contributed by atoms with Crippen molar-refractivity contribution in [2.24, 2.45) is 0 Å². The maximum Gasteiger partial charge on any atom is 0.0400 e. The van der Waals surface area contributed by atoms with Gasteiger partial charge in [0.05, 0.1) is 0 Å². The molecule has 24 heavy (non-hydrogen) atoms. The average Bonchev–Trinajstić information content (AvgIpc) is 2.61. The van der Waals surface area contributed by atoms with Gasteiger partial charge in [-0.05, 0) is 58.5 Å². The summed E-state index contributed by atoms with van der Waals surface area (Å²) < 4.78 is 0. The van der Waals surface area contributed by atoms with Crippen LogP contribution in [-0.4, -0.2) is 57.1 Å². The van der Waals surface area contributed by atoms with Gasteiger partial charge in [0.25, 0.3) is 0 Å². The van der Waals surface area contributed by atoms with Gasteiger partial charge in [0.15, 0.2) is 0 Å². The van der Waals surface area contributed by atoms with E-state index in [0.717, 1.165) is 39.0 Å². The fourth-order valence-corrected chi connectivity index (χ4v) is 3.20. The SMILES string of the molecule is CCN(CC)c1ccc(C2=CCCC=C2N(C)CCN(C)C)cc1. The van der Waals surface area contributed by atoms with E-state index in [2.05, 4.69) is 86.1 Å². The fraction of sp³-hybridized carbons (Fsp3) is 0.524. The summed E-state index contributed by atoms with van der Waals surface area (Å²) in [6.45, 7) is 8.65. The number of rotatable bonds is 8. The fourth-order valence-electron chi connectivity index (χ4n) is 3.20. The Kier molecular flexibility index (Phi) is 6.92. The third kappa shape index (κ3) is 4.64. The summed E-state index contributed by atoms with van der Waals surface area (Å²) in [6, 6.07) is 9.07. The van der Waals surface area contributed by atoms with Crippen molar-refractivity contribution in [3.05, 3.63) is 47.7 Å². The molecule has 0 atom stereocenters. The van der Waals surface area contributed by atoms with E-state index in [4.69, 9.17) is 0 Å². The molecule has 0 heterocycles. The number of hydrogen-bond acceptors (Lipinski definition) is 3. The van der Waals surface area contributed by atoms with Crippen LogP contribution in [0.3, 0.4) is 0 Å². The minimum atomic E-state index is 1.05. The molecule has 0 aromatic heterocycles. The highest BCUT2D eigenvalue weighted by Crippen LogP contribution is 2.31. The number of allylic oxidation sites excluding steroid dienone is 3. The first kappa shape index (κ1) is 18.6. The molecular formula is C21H33N3. The Morgan fingerprint density at radius 2 is 1.46 bits per heavy atom. The molecule has 0 amide bonds. The van der Waals surface area contributed by atoms with Crippen LogP contribution < -0.4 is 4.90 Å². The Morgan fingerprint density at radius 1 is 0.833 bits per heavy atom. The average molecular weight is 328 g/mol. The second kappa shape index (κ2) is 8.93. The second-order valence-corrected chi connectivity index (χ2v) is 6.73. The molecule has 3 heteroatoms. The topological polar surface area (TPSA) is 9.72 Å². The lowest BCUT2D eigenvalue weighted by atomic mass is 9.95. The van der Waals surface area contributed by atoms with Gasteiger partial charge >= 0.3 is 0 Å². The number of hydrogen-bond donors (Lipinski definition) is 0. The van der Waals surface area contributed by atoms with Crippen LogP contribution in [0.4, 0.5) is 5.69 Å². The van der Waals surface area contributed by atoms with Gasteiger partial charge in [-0.1, -0.05) is 24.3 Å². The lowest BCUT2D eigenvalue weighted by Crippen LogP contribution is -2.29. The molecule has 1 aliphatic carbocycles. The predicted molar refractivity (Wildman–Crippen MR) is 106 cm³/mol. The Hall–Kier alpha value is -1.74. The van der Waals surface area contributed by atoms with Gasteiger partial charge in [-0.3, -0.25) is 0 Å². The highest BCUT2D eigenvalue weighted by Gasteiger charge is 2.15. The molecule has 132 valence electrons. The minimum Gasteiger partial charge on any atom is -0.373 e. The lowest BCUT2D eigenvalue weighted by Gasteiger charge is -2.29. The van der Waals surface area contributed by atoms with Crippen molar-refractivity contribution in [3.8, 4) is 0 Å². The van der Waals surface area contributed by atoms with Crippen LogP contribution in [0.2, 0.25) is 0 Å². The van der Waals surface area contributed by atoms with E-state index in [9.17, 15) is 0 Å². The van der Waals surface area contributed by atoms with Crippen LogP contribution in [-0.2, 0) is 0 Å². The molecule has 2 rings (SSSR count). The molecule has 3 nitrogen and oxygen atoms in total. The van der Waals surface area contributed by atoms with Gasteiger partial charge in [-0.25, -0.2) is 0 Å². The summed E-state index contributed by atoms with van der Waals surface area (Å²) >= 11 is 0. The number of anilines is 1. The molecule has 1 aliphatic rings. The molecule has 0 fully saturated rings. The van der Waals surface area contributed by atoms with Crippen LogP contribution in [0.25, 0.3) is 5.57 Å². The zero-order valence-electron chi connectivity index (χ0n) is 16.0. The van der Waals surface area contributed by atoms with Crippen molar-refractivity contribution in [1.29, 1.82) is 0 Å². The molecule has 1 aromatic carbocycles. The van der Waals surface area contributed by atoms with E-state index in [1.165, 1.54) is 22.5 Å². The van der Waals surface area contributed by atoms with E-state index < -0.39 is 0 Å². The van der Waals surface area contributed by atoms with E-state index in [0.29, 0.717) is 0 Å². The van der Waals surface area contributed by atoms with Gasteiger partial charge in [0, 0.05) is 50.2 Å². The summed E-state index contributed by atoms with van der Waals surface area (Å²) in [4.78, 5) is 7.02. The van der Waals surface area contributed by atoms with Gasteiger partial charge < -0.3 is 14.7 Å². The normalized spacial score (nSPS) is 14.4. The van der Waals surface area contributed by atoms with Gasteiger partial charge in [-0.2, -0.15) is 0 Å². The largest absolute Gasteiger partial charge is 0.373 e. The van der Waals surface area contributed by atoms with E-state index >= 15 is 0 Å². The Labute approximate surface area is 148 Å². The van der Waals surface area contributed by atoms with Gasteiger partial charge in [0.1, 0.15) is 0 Å². The molecule has 0 spiro atoms. The third-order valence-electron chi connectivity index (χ3n) is 4.73. The zero-order chi connectivity index (χ0) is 17.5. The predicted octanol–water partition coefficient (Wildman–Crippen LogP) is 4.09. The summed E-state index contributed by atoms with van der Waals surface area (Å²) in [5.74, 6) is 0. The van der Waals surface area contributed by atoms with Crippen molar-refractivity contribution >= 4 is 11.3 Å². The maximum absolute atomic E-state index is 2.40. The number of benzene rings is 1. The quantitative estimate of drug-likeness (QED) is 0.712. The maximum atomic E-state index is 2.40.